The Balaban J connectivity index is 2.81. The third-order valence-electron chi connectivity index (χ3n) is 1.87. The molecule has 4 heteroatoms. The van der Waals surface area contributed by atoms with E-state index in [4.69, 9.17) is 18.0 Å². The Hall–Kier alpha value is -0.980. The monoisotopic (exact) mass is 241 g/mol. The molecule has 0 bridgehead atoms. The molecule has 1 rings (SSSR count). The van der Waals surface area contributed by atoms with E-state index in [-0.39, 0.29) is 5.91 Å². The molecule has 1 aromatic heterocycles. The molecule has 1 amide bonds. The van der Waals surface area contributed by atoms with Crippen molar-refractivity contribution >= 4 is 28.8 Å². The van der Waals surface area contributed by atoms with E-state index in [1.165, 1.54) is 11.3 Å². The number of terminal acetylenes is 1. The molecule has 0 unspecified atom stereocenters. The SMILES string of the molecule is C#CCN(CCC)C(=O)c1sccc1Cl. The number of thiophene rings is 1. The highest BCUT2D eigenvalue weighted by molar-refractivity contribution is 7.12. The predicted octanol–water partition coefficient (Wildman–Crippen LogP) is 2.89. The highest BCUT2D eigenvalue weighted by atomic mass is 35.5. The van der Waals surface area contributed by atoms with Crippen molar-refractivity contribution in [2.45, 2.75) is 13.3 Å². The number of amides is 1. The Labute approximate surface area is 98.9 Å². The summed E-state index contributed by atoms with van der Waals surface area (Å²) in [6, 6.07) is 1.72. The Morgan fingerprint density at radius 1 is 1.73 bits per heavy atom. The van der Waals surface area contributed by atoms with Gasteiger partial charge in [0.25, 0.3) is 5.91 Å². The van der Waals surface area contributed by atoms with Gasteiger partial charge in [-0.1, -0.05) is 24.4 Å². The molecule has 0 N–H and O–H groups in total. The molecule has 80 valence electrons. The number of hydrogen-bond donors (Lipinski definition) is 0. The highest BCUT2D eigenvalue weighted by Gasteiger charge is 2.17. The number of carbonyl (C=O) groups is 1. The first-order chi connectivity index (χ1) is 7.20. The fourth-order valence-electron chi connectivity index (χ4n) is 1.22. The first-order valence-electron chi connectivity index (χ1n) is 4.66. The molecule has 1 heterocycles. The molecule has 0 aliphatic rings. The number of carbonyl (C=O) groups excluding carboxylic acids is 1. The molecule has 0 spiro atoms. The fraction of sp³-hybridized carbons (Fsp3) is 0.364. The zero-order chi connectivity index (χ0) is 11.3. The zero-order valence-corrected chi connectivity index (χ0v) is 10.1. The number of halogens is 1. The van der Waals surface area contributed by atoms with Gasteiger partial charge in [-0.3, -0.25) is 4.79 Å². The van der Waals surface area contributed by atoms with Crippen LogP contribution in [0.4, 0.5) is 0 Å². The van der Waals surface area contributed by atoms with E-state index in [1.807, 2.05) is 6.92 Å². The van der Waals surface area contributed by atoms with Crippen LogP contribution in [0.25, 0.3) is 0 Å². The molecule has 0 radical (unpaired) electrons. The molecular weight excluding hydrogens is 230 g/mol. The number of nitrogens with zero attached hydrogens (tertiary/aromatic N) is 1. The summed E-state index contributed by atoms with van der Waals surface area (Å²) in [5.41, 5.74) is 0. The lowest BCUT2D eigenvalue weighted by atomic mass is 10.3. The largest absolute Gasteiger partial charge is 0.327 e. The van der Waals surface area contributed by atoms with Crippen LogP contribution in [0, 0.1) is 12.3 Å². The van der Waals surface area contributed by atoms with E-state index in [0.29, 0.717) is 23.0 Å². The average Bonchev–Trinajstić information content (AvgIpc) is 2.63. The van der Waals surface area contributed by atoms with Gasteiger partial charge in [0, 0.05) is 6.54 Å². The maximum atomic E-state index is 12.0. The molecule has 1 aromatic rings. The van der Waals surface area contributed by atoms with E-state index < -0.39 is 0 Å². The smallest absolute Gasteiger partial charge is 0.266 e. The van der Waals surface area contributed by atoms with Gasteiger partial charge in [-0.15, -0.1) is 17.8 Å². The van der Waals surface area contributed by atoms with Crippen LogP contribution < -0.4 is 0 Å². The average molecular weight is 242 g/mol. The molecular formula is C11H12ClNOS. The number of rotatable bonds is 4. The summed E-state index contributed by atoms with van der Waals surface area (Å²) in [5.74, 6) is 2.41. The van der Waals surface area contributed by atoms with E-state index in [0.717, 1.165) is 6.42 Å². The Morgan fingerprint density at radius 3 is 2.93 bits per heavy atom. The summed E-state index contributed by atoms with van der Waals surface area (Å²) in [7, 11) is 0. The summed E-state index contributed by atoms with van der Waals surface area (Å²) < 4.78 is 0. The Kier molecular flexibility index (Phi) is 4.67. The highest BCUT2D eigenvalue weighted by Crippen LogP contribution is 2.23. The lowest BCUT2D eigenvalue weighted by molar-refractivity contribution is 0.0782. The van der Waals surface area contributed by atoms with Crippen molar-refractivity contribution in [3.8, 4) is 12.3 Å². The van der Waals surface area contributed by atoms with Gasteiger partial charge in [-0.05, 0) is 17.9 Å². The van der Waals surface area contributed by atoms with E-state index in [9.17, 15) is 4.79 Å². The minimum Gasteiger partial charge on any atom is -0.327 e. The third-order valence-corrected chi connectivity index (χ3v) is 3.20. The summed E-state index contributed by atoms with van der Waals surface area (Å²) >= 11 is 7.24. The second kappa shape index (κ2) is 5.79. The standard InChI is InChI=1S/C11H12ClNOS/c1-3-6-13(7-4-2)11(14)10-9(12)5-8-15-10/h1,5,8H,4,6-7H2,2H3. The van der Waals surface area contributed by atoms with Gasteiger partial charge in [0.05, 0.1) is 11.6 Å². The fourth-order valence-corrected chi connectivity index (χ4v) is 2.33. The molecule has 0 aliphatic carbocycles. The van der Waals surface area contributed by atoms with Crippen LogP contribution >= 0.6 is 22.9 Å². The molecule has 15 heavy (non-hydrogen) atoms. The van der Waals surface area contributed by atoms with Crippen molar-refractivity contribution in [3.63, 3.8) is 0 Å². The molecule has 0 atom stereocenters. The van der Waals surface area contributed by atoms with Crippen molar-refractivity contribution in [2.75, 3.05) is 13.1 Å². The van der Waals surface area contributed by atoms with Crippen molar-refractivity contribution in [1.82, 2.24) is 4.90 Å². The van der Waals surface area contributed by atoms with Crippen LogP contribution in [0.2, 0.25) is 5.02 Å². The van der Waals surface area contributed by atoms with E-state index in [2.05, 4.69) is 5.92 Å². The molecule has 0 fully saturated rings. The van der Waals surface area contributed by atoms with Crippen molar-refractivity contribution in [1.29, 1.82) is 0 Å². The van der Waals surface area contributed by atoms with E-state index >= 15 is 0 Å². The molecule has 0 aliphatic heterocycles. The second-order valence-electron chi connectivity index (χ2n) is 3.03. The molecule has 0 aromatic carbocycles. The first kappa shape index (κ1) is 12.1. The van der Waals surface area contributed by atoms with Crippen LogP contribution in [0.3, 0.4) is 0 Å². The Morgan fingerprint density at radius 2 is 2.47 bits per heavy atom. The normalized spacial score (nSPS) is 9.67. The van der Waals surface area contributed by atoms with Gasteiger partial charge in [-0.2, -0.15) is 0 Å². The molecule has 2 nitrogen and oxygen atoms in total. The topological polar surface area (TPSA) is 20.3 Å². The number of hydrogen-bond acceptors (Lipinski definition) is 2. The van der Waals surface area contributed by atoms with E-state index in [1.54, 1.807) is 16.3 Å². The predicted molar refractivity (Wildman–Crippen MR) is 64.4 cm³/mol. The summed E-state index contributed by atoms with van der Waals surface area (Å²) in [6.07, 6.45) is 6.10. The van der Waals surface area contributed by atoms with Crippen molar-refractivity contribution in [3.05, 3.63) is 21.3 Å². The van der Waals surface area contributed by atoms with Crippen LogP contribution in [-0.2, 0) is 0 Å². The summed E-state index contributed by atoms with van der Waals surface area (Å²) in [4.78, 5) is 14.2. The maximum Gasteiger partial charge on any atom is 0.266 e. The summed E-state index contributed by atoms with van der Waals surface area (Å²) in [6.45, 7) is 3.00. The van der Waals surface area contributed by atoms with Crippen LogP contribution in [0.5, 0.6) is 0 Å². The second-order valence-corrected chi connectivity index (χ2v) is 4.35. The van der Waals surface area contributed by atoms with Gasteiger partial charge >= 0.3 is 0 Å². The third kappa shape index (κ3) is 2.98. The van der Waals surface area contributed by atoms with Crippen molar-refractivity contribution in [2.24, 2.45) is 0 Å². The lowest BCUT2D eigenvalue weighted by Gasteiger charge is -2.18. The lowest BCUT2D eigenvalue weighted by Crippen LogP contribution is -2.31. The van der Waals surface area contributed by atoms with Gasteiger partial charge < -0.3 is 4.90 Å². The van der Waals surface area contributed by atoms with Gasteiger partial charge in [0.2, 0.25) is 0 Å². The van der Waals surface area contributed by atoms with Gasteiger partial charge in [0.1, 0.15) is 4.88 Å². The zero-order valence-electron chi connectivity index (χ0n) is 8.50. The minimum atomic E-state index is -0.0743. The van der Waals surface area contributed by atoms with Crippen molar-refractivity contribution < 1.29 is 4.79 Å². The van der Waals surface area contributed by atoms with Crippen LogP contribution in [0.1, 0.15) is 23.0 Å². The Bertz CT molecular complexity index is 380. The van der Waals surface area contributed by atoms with Crippen LogP contribution in [0.15, 0.2) is 11.4 Å². The summed E-state index contributed by atoms with van der Waals surface area (Å²) in [5, 5.41) is 2.30. The van der Waals surface area contributed by atoms with Gasteiger partial charge in [-0.25, -0.2) is 0 Å². The first-order valence-corrected chi connectivity index (χ1v) is 5.92. The maximum absolute atomic E-state index is 12.0. The van der Waals surface area contributed by atoms with Crippen LogP contribution in [-0.4, -0.2) is 23.9 Å². The quantitative estimate of drug-likeness (QED) is 0.743. The minimum absolute atomic E-state index is 0.0743. The molecule has 0 saturated carbocycles. The molecule has 0 saturated heterocycles. The van der Waals surface area contributed by atoms with Gasteiger partial charge in [0.15, 0.2) is 0 Å².